The molecule has 1 fully saturated rings. The molecule has 3 rings (SSSR count). The Morgan fingerprint density at radius 3 is 2.63 bits per heavy atom. The summed E-state index contributed by atoms with van der Waals surface area (Å²) >= 11 is 0. The summed E-state index contributed by atoms with van der Waals surface area (Å²) in [7, 11) is 0. The van der Waals surface area contributed by atoms with Crippen molar-refractivity contribution in [2.24, 2.45) is 11.8 Å². The average Bonchev–Trinajstić information content (AvgIpc) is 3.20. The second kappa shape index (κ2) is 4.33. The molecular formula is C14H14FNO3. The van der Waals surface area contributed by atoms with Crippen molar-refractivity contribution in [1.29, 1.82) is 0 Å². The summed E-state index contributed by atoms with van der Waals surface area (Å²) in [5.74, 6) is -2.01. The highest BCUT2D eigenvalue weighted by atomic mass is 19.1. The Morgan fingerprint density at radius 2 is 2.00 bits per heavy atom. The number of carbonyl (C=O) groups excluding carboxylic acids is 1. The first kappa shape index (κ1) is 12.1. The van der Waals surface area contributed by atoms with Crippen molar-refractivity contribution in [3.05, 3.63) is 29.6 Å². The second-order valence-corrected chi connectivity index (χ2v) is 5.24. The van der Waals surface area contributed by atoms with Crippen molar-refractivity contribution in [2.75, 3.05) is 11.4 Å². The smallest absolute Gasteiger partial charge is 0.308 e. The van der Waals surface area contributed by atoms with Crippen LogP contribution in [-0.4, -0.2) is 23.5 Å². The summed E-state index contributed by atoms with van der Waals surface area (Å²) in [5.41, 5.74) is 1.27. The van der Waals surface area contributed by atoms with E-state index >= 15 is 0 Å². The zero-order valence-electron chi connectivity index (χ0n) is 10.3. The van der Waals surface area contributed by atoms with Crippen molar-refractivity contribution < 1.29 is 19.1 Å². The van der Waals surface area contributed by atoms with E-state index in [2.05, 4.69) is 0 Å². The van der Waals surface area contributed by atoms with Crippen molar-refractivity contribution in [2.45, 2.75) is 19.3 Å². The van der Waals surface area contributed by atoms with E-state index in [1.807, 2.05) is 0 Å². The molecule has 4 nitrogen and oxygen atoms in total. The third-order valence-corrected chi connectivity index (χ3v) is 3.74. The lowest BCUT2D eigenvalue weighted by Gasteiger charge is -2.33. The first-order valence-electron chi connectivity index (χ1n) is 6.39. The van der Waals surface area contributed by atoms with Crippen LogP contribution in [0.3, 0.4) is 0 Å². The number of fused-ring (bicyclic) bond motifs is 1. The fourth-order valence-electron chi connectivity index (χ4n) is 2.55. The lowest BCUT2D eigenvalue weighted by atomic mass is 9.92. The minimum absolute atomic E-state index is 0.0189. The number of rotatable bonds is 2. The van der Waals surface area contributed by atoms with E-state index in [4.69, 9.17) is 5.11 Å². The van der Waals surface area contributed by atoms with E-state index < -0.39 is 17.7 Å². The number of carboxylic acids is 1. The van der Waals surface area contributed by atoms with Gasteiger partial charge in [-0.1, -0.05) is 0 Å². The second-order valence-electron chi connectivity index (χ2n) is 5.24. The Morgan fingerprint density at radius 1 is 1.26 bits per heavy atom. The molecule has 0 spiro atoms. The maximum absolute atomic E-state index is 13.3. The highest BCUT2D eigenvalue weighted by Gasteiger charge is 2.39. The molecule has 100 valence electrons. The molecule has 1 N–H and O–H groups in total. The molecule has 1 unspecified atom stereocenters. The summed E-state index contributed by atoms with van der Waals surface area (Å²) < 4.78 is 13.3. The van der Waals surface area contributed by atoms with Gasteiger partial charge in [-0.15, -0.1) is 0 Å². The zero-order valence-corrected chi connectivity index (χ0v) is 10.3. The Hall–Kier alpha value is -1.91. The molecule has 5 heteroatoms. The van der Waals surface area contributed by atoms with Gasteiger partial charge in [0.25, 0.3) is 0 Å². The Labute approximate surface area is 109 Å². The van der Waals surface area contributed by atoms with Gasteiger partial charge in [0.2, 0.25) is 5.91 Å². The fourth-order valence-corrected chi connectivity index (χ4v) is 2.55. The van der Waals surface area contributed by atoms with Gasteiger partial charge in [0, 0.05) is 18.2 Å². The Balaban J connectivity index is 1.99. The van der Waals surface area contributed by atoms with Crippen LogP contribution in [0.4, 0.5) is 10.1 Å². The minimum atomic E-state index is -0.941. The third kappa shape index (κ3) is 2.20. The normalized spacial score (nSPS) is 21.9. The van der Waals surface area contributed by atoms with E-state index in [0.29, 0.717) is 11.3 Å². The fraction of sp³-hybridized carbons (Fsp3) is 0.429. The monoisotopic (exact) mass is 263 g/mol. The average molecular weight is 263 g/mol. The van der Waals surface area contributed by atoms with Crippen LogP contribution in [0.5, 0.6) is 0 Å². The lowest BCUT2D eigenvalue weighted by Crippen LogP contribution is -2.43. The molecule has 1 amide bonds. The molecule has 1 atom stereocenters. The molecule has 1 aromatic carbocycles. The highest BCUT2D eigenvalue weighted by Crippen LogP contribution is 2.37. The summed E-state index contributed by atoms with van der Waals surface area (Å²) in [6, 6.07) is 4.22. The van der Waals surface area contributed by atoms with E-state index in [9.17, 15) is 14.0 Å². The van der Waals surface area contributed by atoms with Crippen molar-refractivity contribution >= 4 is 17.6 Å². The summed E-state index contributed by atoms with van der Waals surface area (Å²) in [6.45, 7) is 0.184. The molecule has 0 saturated heterocycles. The SMILES string of the molecule is O=C(O)C1Cc2cc(F)ccc2N(C(=O)C2CC2)C1. The third-order valence-electron chi connectivity index (χ3n) is 3.74. The predicted molar refractivity (Wildman–Crippen MR) is 66.3 cm³/mol. The van der Waals surface area contributed by atoms with Crippen molar-refractivity contribution in [3.8, 4) is 0 Å². The van der Waals surface area contributed by atoms with Crippen LogP contribution in [0, 0.1) is 17.7 Å². The number of benzene rings is 1. The number of carboxylic acid groups (broad SMARTS) is 1. The molecule has 1 heterocycles. The molecular weight excluding hydrogens is 249 g/mol. The maximum atomic E-state index is 13.3. The maximum Gasteiger partial charge on any atom is 0.308 e. The van der Waals surface area contributed by atoms with Crippen LogP contribution in [0.25, 0.3) is 0 Å². The molecule has 0 bridgehead atoms. The lowest BCUT2D eigenvalue weighted by molar-refractivity contribution is -0.141. The number of hydrogen-bond acceptors (Lipinski definition) is 2. The van der Waals surface area contributed by atoms with Crippen molar-refractivity contribution in [1.82, 2.24) is 0 Å². The molecule has 0 radical (unpaired) electrons. The number of amides is 1. The van der Waals surface area contributed by atoms with Crippen LogP contribution < -0.4 is 4.90 Å². The highest BCUT2D eigenvalue weighted by molar-refractivity contribution is 5.98. The van der Waals surface area contributed by atoms with Crippen LogP contribution in [0.2, 0.25) is 0 Å². The first-order valence-corrected chi connectivity index (χ1v) is 6.39. The van der Waals surface area contributed by atoms with E-state index in [1.165, 1.54) is 17.0 Å². The van der Waals surface area contributed by atoms with Gasteiger partial charge in [-0.25, -0.2) is 4.39 Å². The van der Waals surface area contributed by atoms with Crippen LogP contribution >= 0.6 is 0 Å². The van der Waals surface area contributed by atoms with Gasteiger partial charge in [0.15, 0.2) is 0 Å². The minimum Gasteiger partial charge on any atom is -0.481 e. The van der Waals surface area contributed by atoms with Gasteiger partial charge < -0.3 is 10.0 Å². The molecule has 1 saturated carbocycles. The topological polar surface area (TPSA) is 57.6 Å². The quantitative estimate of drug-likeness (QED) is 0.885. The van der Waals surface area contributed by atoms with Gasteiger partial charge in [-0.2, -0.15) is 0 Å². The van der Waals surface area contributed by atoms with Crippen LogP contribution in [-0.2, 0) is 16.0 Å². The molecule has 1 aliphatic heterocycles. The number of hydrogen-bond donors (Lipinski definition) is 1. The number of nitrogens with zero attached hydrogens (tertiary/aromatic N) is 1. The van der Waals surface area contributed by atoms with E-state index in [1.54, 1.807) is 6.07 Å². The van der Waals surface area contributed by atoms with E-state index in [0.717, 1.165) is 12.8 Å². The standard InChI is InChI=1S/C14H14FNO3/c15-11-3-4-12-9(6-11)5-10(14(18)19)7-16(12)13(17)8-1-2-8/h3-4,6,8,10H,1-2,5,7H2,(H,18,19). The Kier molecular flexibility index (Phi) is 2.77. The Bertz CT molecular complexity index is 554. The first-order chi connectivity index (χ1) is 9.06. The van der Waals surface area contributed by atoms with Crippen LogP contribution in [0.15, 0.2) is 18.2 Å². The number of halogens is 1. The zero-order chi connectivity index (χ0) is 13.6. The van der Waals surface area contributed by atoms with Gasteiger partial charge in [-0.3, -0.25) is 9.59 Å². The molecule has 1 aromatic rings. The number of aliphatic carboxylic acids is 1. The predicted octanol–water partition coefficient (Wildman–Crippen LogP) is 1.83. The number of carbonyl (C=O) groups is 2. The van der Waals surface area contributed by atoms with E-state index in [-0.39, 0.29) is 24.8 Å². The van der Waals surface area contributed by atoms with Crippen LogP contribution in [0.1, 0.15) is 18.4 Å². The molecule has 2 aliphatic rings. The molecule has 19 heavy (non-hydrogen) atoms. The largest absolute Gasteiger partial charge is 0.481 e. The summed E-state index contributed by atoms with van der Waals surface area (Å²) in [5, 5.41) is 9.16. The van der Waals surface area contributed by atoms with Gasteiger partial charge in [0.05, 0.1) is 5.92 Å². The van der Waals surface area contributed by atoms with Gasteiger partial charge in [0.1, 0.15) is 5.82 Å². The van der Waals surface area contributed by atoms with Crippen molar-refractivity contribution in [3.63, 3.8) is 0 Å². The molecule has 1 aliphatic carbocycles. The summed E-state index contributed by atoms with van der Waals surface area (Å²) in [4.78, 5) is 24.9. The number of anilines is 1. The van der Waals surface area contributed by atoms with Gasteiger partial charge in [-0.05, 0) is 43.0 Å². The summed E-state index contributed by atoms with van der Waals surface area (Å²) in [6.07, 6.45) is 2.00. The molecule has 0 aromatic heterocycles. The van der Waals surface area contributed by atoms with Gasteiger partial charge >= 0.3 is 5.97 Å².